The highest BCUT2D eigenvalue weighted by Crippen LogP contribution is 2.36. The lowest BCUT2D eigenvalue weighted by molar-refractivity contribution is -0.113. The van der Waals surface area contributed by atoms with E-state index in [1.165, 1.54) is 22.0 Å². The van der Waals surface area contributed by atoms with Crippen molar-refractivity contribution in [3.05, 3.63) is 82.3 Å². The molecule has 2 aliphatic heterocycles. The van der Waals surface area contributed by atoms with Crippen molar-refractivity contribution in [2.24, 2.45) is 5.92 Å². The van der Waals surface area contributed by atoms with Gasteiger partial charge in [-0.05, 0) is 67.3 Å². The number of nitrogens with one attached hydrogen (secondary N) is 1. The van der Waals surface area contributed by atoms with Gasteiger partial charge in [0.25, 0.3) is 5.56 Å². The summed E-state index contributed by atoms with van der Waals surface area (Å²) in [7, 11) is 0. The number of fused-ring (bicyclic) bond motifs is 5. The van der Waals surface area contributed by atoms with Crippen LogP contribution in [0, 0.1) is 12.8 Å². The molecule has 2 aromatic heterocycles. The minimum Gasteiger partial charge on any atom is -0.356 e. The highest BCUT2D eigenvalue weighted by Gasteiger charge is 2.35. The molecule has 1 fully saturated rings. The number of pyridine rings is 1. The Morgan fingerprint density at radius 1 is 1.14 bits per heavy atom. The van der Waals surface area contributed by atoms with Gasteiger partial charge < -0.3 is 14.8 Å². The van der Waals surface area contributed by atoms with Crippen molar-refractivity contribution in [2.45, 2.75) is 25.8 Å². The van der Waals surface area contributed by atoms with Crippen LogP contribution in [0.3, 0.4) is 0 Å². The number of benzene rings is 2. The summed E-state index contributed by atoms with van der Waals surface area (Å²) in [4.78, 5) is 31.8. The summed E-state index contributed by atoms with van der Waals surface area (Å²) in [5.41, 5.74) is 5.20. The first kappa shape index (κ1) is 24.3. The predicted octanol–water partition coefficient (Wildman–Crippen LogP) is 5.51. The van der Waals surface area contributed by atoms with E-state index in [9.17, 15) is 9.59 Å². The van der Waals surface area contributed by atoms with Crippen molar-refractivity contribution in [3.8, 4) is 10.6 Å². The maximum atomic E-state index is 12.6. The van der Waals surface area contributed by atoms with Gasteiger partial charge in [0, 0.05) is 48.6 Å². The SMILES string of the molecule is Cc1ccc2nc(-c3ccc(NC(=O)CSC(=S)N4C[C@@H]5C[C@H](C4)c4cccc(=O)n4C5)cc3)sc2c1. The van der Waals surface area contributed by atoms with Gasteiger partial charge in [-0.15, -0.1) is 11.3 Å². The van der Waals surface area contributed by atoms with Crippen LogP contribution in [0.15, 0.2) is 65.5 Å². The van der Waals surface area contributed by atoms with Gasteiger partial charge in [-0.3, -0.25) is 9.59 Å². The molecule has 188 valence electrons. The molecule has 6 nitrogen and oxygen atoms in total. The summed E-state index contributed by atoms with van der Waals surface area (Å²) in [5.74, 6) is 0.882. The first-order valence-electron chi connectivity index (χ1n) is 12.3. The summed E-state index contributed by atoms with van der Waals surface area (Å²) in [6.07, 6.45) is 1.08. The number of aryl methyl sites for hydroxylation is 1. The van der Waals surface area contributed by atoms with E-state index in [-0.39, 0.29) is 17.2 Å². The highest BCUT2D eigenvalue weighted by atomic mass is 32.2. The van der Waals surface area contributed by atoms with Crippen molar-refractivity contribution in [2.75, 3.05) is 24.2 Å². The number of hydrogen-bond donors (Lipinski definition) is 1. The monoisotopic (exact) mass is 546 g/mol. The van der Waals surface area contributed by atoms with E-state index in [0.29, 0.717) is 11.8 Å². The molecule has 9 heteroatoms. The van der Waals surface area contributed by atoms with Crippen molar-refractivity contribution in [1.29, 1.82) is 0 Å². The normalized spacial score (nSPS) is 18.5. The van der Waals surface area contributed by atoms with E-state index in [4.69, 9.17) is 17.2 Å². The minimum absolute atomic E-state index is 0.0790. The number of rotatable bonds is 4. The molecule has 2 bridgehead atoms. The van der Waals surface area contributed by atoms with Gasteiger partial charge in [0.2, 0.25) is 5.91 Å². The van der Waals surface area contributed by atoms with Crippen LogP contribution in [0.5, 0.6) is 0 Å². The highest BCUT2D eigenvalue weighted by molar-refractivity contribution is 8.23. The average Bonchev–Trinajstić information content (AvgIpc) is 3.31. The van der Waals surface area contributed by atoms with Crippen LogP contribution in [-0.2, 0) is 11.3 Å². The van der Waals surface area contributed by atoms with Gasteiger partial charge in [0.15, 0.2) is 0 Å². The van der Waals surface area contributed by atoms with E-state index in [0.717, 1.165) is 57.8 Å². The topological polar surface area (TPSA) is 67.2 Å². The number of hydrogen-bond acceptors (Lipinski definition) is 6. The Kier molecular flexibility index (Phi) is 6.60. The number of piperidine rings is 1. The number of carbonyl (C=O) groups is 1. The van der Waals surface area contributed by atoms with Gasteiger partial charge in [-0.2, -0.15) is 0 Å². The number of carbonyl (C=O) groups excluding carboxylic acids is 1. The molecule has 2 atom stereocenters. The quantitative estimate of drug-likeness (QED) is 0.341. The summed E-state index contributed by atoms with van der Waals surface area (Å²) in [6, 6.07) is 19.6. The van der Waals surface area contributed by atoms with Crippen LogP contribution in [0.4, 0.5) is 5.69 Å². The number of thioether (sulfide) groups is 1. The number of likely N-dealkylation sites (tertiary alicyclic amines) is 1. The smallest absolute Gasteiger partial charge is 0.250 e. The third-order valence-electron chi connectivity index (χ3n) is 7.02. The van der Waals surface area contributed by atoms with Crippen LogP contribution in [0.2, 0.25) is 0 Å². The van der Waals surface area contributed by atoms with Gasteiger partial charge in [-0.1, -0.05) is 36.1 Å². The Labute approximate surface area is 228 Å². The number of thiazole rings is 1. The molecule has 0 saturated carbocycles. The Bertz CT molecular complexity index is 1560. The average molecular weight is 547 g/mol. The molecule has 1 N–H and O–H groups in total. The van der Waals surface area contributed by atoms with Gasteiger partial charge in [-0.25, -0.2) is 4.98 Å². The Morgan fingerprint density at radius 2 is 1.97 bits per heavy atom. The van der Waals surface area contributed by atoms with Gasteiger partial charge in [0.05, 0.1) is 16.0 Å². The molecule has 1 saturated heterocycles. The molecular weight excluding hydrogens is 521 g/mol. The molecule has 37 heavy (non-hydrogen) atoms. The first-order valence-corrected chi connectivity index (χ1v) is 14.5. The molecule has 0 unspecified atom stereocenters. The third kappa shape index (κ3) is 5.08. The number of thiocarbonyl (C=S) groups is 1. The largest absolute Gasteiger partial charge is 0.356 e. The van der Waals surface area contributed by atoms with Gasteiger partial charge in [0.1, 0.15) is 9.33 Å². The molecule has 0 radical (unpaired) electrons. The van der Waals surface area contributed by atoms with Crippen LogP contribution in [0.1, 0.15) is 23.6 Å². The maximum Gasteiger partial charge on any atom is 0.250 e. The molecule has 0 aliphatic carbocycles. The summed E-state index contributed by atoms with van der Waals surface area (Å²) < 4.78 is 3.84. The zero-order chi connectivity index (χ0) is 25.5. The lowest BCUT2D eigenvalue weighted by Gasteiger charge is -2.43. The summed E-state index contributed by atoms with van der Waals surface area (Å²) in [6.45, 7) is 4.45. The van der Waals surface area contributed by atoms with Crippen LogP contribution in [-0.4, -0.2) is 43.5 Å². The predicted molar refractivity (Wildman–Crippen MR) is 157 cm³/mol. The van der Waals surface area contributed by atoms with Crippen molar-refractivity contribution in [1.82, 2.24) is 14.5 Å². The molecule has 2 aromatic carbocycles. The Hall–Kier alpha value is -3.01. The number of aromatic nitrogens is 2. The van der Waals surface area contributed by atoms with Crippen molar-refractivity contribution in [3.63, 3.8) is 0 Å². The Balaban J connectivity index is 1.04. The van der Waals surface area contributed by atoms with Gasteiger partial charge >= 0.3 is 0 Å². The number of nitrogens with zero attached hydrogens (tertiary/aromatic N) is 3. The second kappa shape index (κ2) is 10.0. The molecule has 4 aromatic rings. The fraction of sp³-hybridized carbons (Fsp3) is 0.286. The van der Waals surface area contributed by atoms with E-state index < -0.39 is 0 Å². The zero-order valence-electron chi connectivity index (χ0n) is 20.3. The maximum absolute atomic E-state index is 12.6. The molecule has 1 amide bonds. The lowest BCUT2D eigenvalue weighted by Crippen LogP contribution is -2.48. The van der Waals surface area contributed by atoms with Crippen LogP contribution >= 0.6 is 35.3 Å². The molecule has 6 rings (SSSR count). The Morgan fingerprint density at radius 3 is 2.81 bits per heavy atom. The zero-order valence-corrected chi connectivity index (χ0v) is 22.8. The van der Waals surface area contributed by atoms with E-state index >= 15 is 0 Å². The minimum atomic E-state index is -0.0790. The fourth-order valence-electron chi connectivity index (χ4n) is 5.31. The third-order valence-corrected chi connectivity index (χ3v) is 9.61. The number of amides is 1. The second-order valence-electron chi connectivity index (χ2n) is 9.77. The van der Waals surface area contributed by atoms with Crippen LogP contribution in [0.25, 0.3) is 20.8 Å². The number of anilines is 1. The molecule has 0 spiro atoms. The molecular formula is C28H26N4O2S3. The van der Waals surface area contributed by atoms with Crippen molar-refractivity contribution >= 4 is 61.4 Å². The van der Waals surface area contributed by atoms with E-state index in [1.807, 2.05) is 34.9 Å². The van der Waals surface area contributed by atoms with Crippen molar-refractivity contribution < 1.29 is 4.79 Å². The van der Waals surface area contributed by atoms with E-state index in [2.05, 4.69) is 41.4 Å². The first-order chi connectivity index (χ1) is 17.9. The van der Waals surface area contributed by atoms with Crippen LogP contribution < -0.4 is 10.9 Å². The molecule has 4 heterocycles. The summed E-state index contributed by atoms with van der Waals surface area (Å²) >= 11 is 8.78. The fourth-order valence-corrected chi connectivity index (χ4v) is 7.37. The van der Waals surface area contributed by atoms with E-state index in [1.54, 1.807) is 17.4 Å². The molecule has 2 aliphatic rings. The standard InChI is InChI=1S/C28H26N4O2S3/c1-17-5-10-22-24(11-17)37-27(30-22)19-6-8-21(9-7-19)29-25(33)16-36-28(35)31-13-18-12-20(15-31)23-3-2-4-26(34)32(23)14-18/h2-11,18,20H,12-16H2,1H3,(H,29,33)/t18-,20+/m0/s1. The second-order valence-corrected chi connectivity index (χ2v) is 12.4. The lowest BCUT2D eigenvalue weighted by atomic mass is 9.83. The summed E-state index contributed by atoms with van der Waals surface area (Å²) in [5, 5.41) is 3.95.